The lowest BCUT2D eigenvalue weighted by atomic mass is 10.3. The van der Waals surface area contributed by atoms with Crippen molar-refractivity contribution < 1.29 is 17.9 Å². The summed E-state index contributed by atoms with van der Waals surface area (Å²) in [6.07, 6.45) is 3.70. The van der Waals surface area contributed by atoms with Crippen LogP contribution in [0.3, 0.4) is 0 Å². The van der Waals surface area contributed by atoms with Gasteiger partial charge in [-0.25, -0.2) is 18.2 Å². The summed E-state index contributed by atoms with van der Waals surface area (Å²) in [5, 5.41) is 5.27. The minimum absolute atomic E-state index is 0.0353. The molecular formula is C18H29N5O4S. The Hall–Kier alpha value is -1.91. The van der Waals surface area contributed by atoms with E-state index in [0.717, 1.165) is 18.9 Å². The maximum absolute atomic E-state index is 12.5. The quantitative estimate of drug-likeness (QED) is 0.730. The molecule has 2 unspecified atom stereocenters. The van der Waals surface area contributed by atoms with Crippen molar-refractivity contribution in [2.75, 3.05) is 48.7 Å². The van der Waals surface area contributed by atoms with E-state index in [1.807, 2.05) is 19.9 Å². The molecule has 28 heavy (non-hydrogen) atoms. The van der Waals surface area contributed by atoms with Gasteiger partial charge < -0.3 is 20.3 Å². The number of carbonyl (C=O) groups is 1. The number of aromatic nitrogens is 1. The van der Waals surface area contributed by atoms with E-state index in [-0.39, 0.29) is 24.5 Å². The number of rotatable bonds is 6. The van der Waals surface area contributed by atoms with E-state index < -0.39 is 16.1 Å². The SMILES string of the molecule is CC1CN(S(=O)(=O)CCNC(=O)Nc2ccc(N3CCCC3)nc2)CC(C)O1. The van der Waals surface area contributed by atoms with E-state index in [1.54, 1.807) is 12.3 Å². The van der Waals surface area contributed by atoms with Crippen LogP contribution in [0.4, 0.5) is 16.3 Å². The van der Waals surface area contributed by atoms with Crippen LogP contribution < -0.4 is 15.5 Å². The number of ether oxygens (including phenoxy) is 1. The molecular weight excluding hydrogens is 382 g/mol. The van der Waals surface area contributed by atoms with Gasteiger partial charge in [-0.3, -0.25) is 0 Å². The second kappa shape index (κ2) is 9.06. The Balaban J connectivity index is 1.43. The third kappa shape index (κ3) is 5.55. The molecule has 156 valence electrons. The number of urea groups is 1. The molecule has 9 nitrogen and oxygen atoms in total. The molecule has 0 bridgehead atoms. The summed E-state index contributed by atoms with van der Waals surface area (Å²) in [5.41, 5.74) is 0.569. The fourth-order valence-electron chi connectivity index (χ4n) is 3.55. The fraction of sp³-hybridized carbons (Fsp3) is 0.667. The predicted octanol–water partition coefficient (Wildman–Crippen LogP) is 1.24. The molecule has 0 aromatic carbocycles. The summed E-state index contributed by atoms with van der Waals surface area (Å²) in [5.74, 6) is 0.759. The number of nitrogens with zero attached hydrogens (tertiary/aromatic N) is 3. The predicted molar refractivity (Wildman–Crippen MR) is 108 cm³/mol. The molecule has 1 aromatic heterocycles. The zero-order valence-electron chi connectivity index (χ0n) is 16.4. The highest BCUT2D eigenvalue weighted by Crippen LogP contribution is 2.19. The number of carbonyl (C=O) groups excluding carboxylic acids is 1. The molecule has 2 aliphatic heterocycles. The minimum Gasteiger partial charge on any atom is -0.373 e. The standard InChI is InChI=1S/C18H29N5O4S/c1-14-12-23(13-15(2)27-14)28(25,26)10-7-19-18(24)21-16-5-6-17(20-11-16)22-8-3-4-9-22/h5-6,11,14-15H,3-4,7-10,12-13H2,1-2H3,(H2,19,21,24). The molecule has 10 heteroatoms. The number of amides is 2. The maximum atomic E-state index is 12.5. The van der Waals surface area contributed by atoms with Gasteiger partial charge in [0.1, 0.15) is 5.82 Å². The molecule has 2 amide bonds. The molecule has 1 aromatic rings. The van der Waals surface area contributed by atoms with E-state index >= 15 is 0 Å². The van der Waals surface area contributed by atoms with Gasteiger partial charge in [-0.1, -0.05) is 0 Å². The van der Waals surface area contributed by atoms with Gasteiger partial charge in [0.2, 0.25) is 10.0 Å². The Morgan fingerprint density at radius 1 is 1.21 bits per heavy atom. The van der Waals surface area contributed by atoms with Crippen LogP contribution in [0, 0.1) is 0 Å². The molecule has 2 aliphatic rings. The van der Waals surface area contributed by atoms with Crippen molar-refractivity contribution >= 4 is 27.6 Å². The molecule has 0 spiro atoms. The molecule has 3 heterocycles. The van der Waals surface area contributed by atoms with E-state index in [1.165, 1.54) is 17.1 Å². The topological polar surface area (TPSA) is 104 Å². The average molecular weight is 412 g/mol. The van der Waals surface area contributed by atoms with E-state index in [9.17, 15) is 13.2 Å². The van der Waals surface area contributed by atoms with Crippen molar-refractivity contribution in [1.29, 1.82) is 0 Å². The van der Waals surface area contributed by atoms with Crippen molar-refractivity contribution in [1.82, 2.24) is 14.6 Å². The van der Waals surface area contributed by atoms with Crippen molar-refractivity contribution in [2.24, 2.45) is 0 Å². The average Bonchev–Trinajstić information content (AvgIpc) is 3.16. The van der Waals surface area contributed by atoms with Crippen LogP contribution >= 0.6 is 0 Å². The number of pyridine rings is 1. The summed E-state index contributed by atoms with van der Waals surface area (Å²) in [6.45, 7) is 6.44. The van der Waals surface area contributed by atoms with Crippen LogP contribution in [0.15, 0.2) is 18.3 Å². The van der Waals surface area contributed by atoms with Crippen LogP contribution in [0.2, 0.25) is 0 Å². The molecule has 0 radical (unpaired) electrons. The number of sulfonamides is 1. The van der Waals surface area contributed by atoms with Gasteiger partial charge in [0, 0.05) is 32.7 Å². The van der Waals surface area contributed by atoms with E-state index in [4.69, 9.17) is 4.74 Å². The third-order valence-corrected chi connectivity index (χ3v) is 6.67. The first-order valence-corrected chi connectivity index (χ1v) is 11.3. The van der Waals surface area contributed by atoms with Gasteiger partial charge in [-0.05, 0) is 38.8 Å². The number of hydrogen-bond donors (Lipinski definition) is 2. The second-order valence-corrected chi connectivity index (χ2v) is 9.46. The van der Waals surface area contributed by atoms with E-state index in [0.29, 0.717) is 18.8 Å². The highest BCUT2D eigenvalue weighted by molar-refractivity contribution is 7.89. The normalized spacial score (nSPS) is 23.6. The van der Waals surface area contributed by atoms with Gasteiger partial charge >= 0.3 is 6.03 Å². The first-order chi connectivity index (χ1) is 13.3. The van der Waals surface area contributed by atoms with Crippen LogP contribution in [0.25, 0.3) is 0 Å². The molecule has 2 N–H and O–H groups in total. The monoisotopic (exact) mass is 411 g/mol. The lowest BCUT2D eigenvalue weighted by Gasteiger charge is -2.34. The second-order valence-electron chi connectivity index (χ2n) is 7.37. The van der Waals surface area contributed by atoms with Crippen molar-refractivity contribution in [3.05, 3.63) is 18.3 Å². The van der Waals surface area contributed by atoms with Crippen LogP contribution in [0.1, 0.15) is 26.7 Å². The molecule has 0 saturated carbocycles. The molecule has 2 saturated heterocycles. The minimum atomic E-state index is -3.44. The van der Waals surface area contributed by atoms with Crippen LogP contribution in [0.5, 0.6) is 0 Å². The molecule has 0 aliphatic carbocycles. The largest absolute Gasteiger partial charge is 0.373 e. The fourth-order valence-corrected chi connectivity index (χ4v) is 5.04. The zero-order chi connectivity index (χ0) is 20.1. The number of anilines is 2. The summed E-state index contributed by atoms with van der Waals surface area (Å²) >= 11 is 0. The smallest absolute Gasteiger partial charge is 0.319 e. The van der Waals surface area contributed by atoms with Gasteiger partial charge in [0.05, 0.1) is 29.8 Å². The molecule has 2 fully saturated rings. The lowest BCUT2D eigenvalue weighted by molar-refractivity contribution is -0.0440. The number of hydrogen-bond acceptors (Lipinski definition) is 6. The van der Waals surface area contributed by atoms with Crippen molar-refractivity contribution in [2.45, 2.75) is 38.9 Å². The summed E-state index contributed by atoms with van der Waals surface area (Å²) < 4.78 is 31.9. The molecule has 2 atom stereocenters. The lowest BCUT2D eigenvalue weighted by Crippen LogP contribution is -2.49. The highest BCUT2D eigenvalue weighted by atomic mass is 32.2. The third-order valence-electron chi connectivity index (χ3n) is 4.86. The first kappa shape index (κ1) is 20.8. The van der Waals surface area contributed by atoms with Gasteiger partial charge in [0.15, 0.2) is 0 Å². The Morgan fingerprint density at radius 3 is 2.50 bits per heavy atom. The van der Waals surface area contributed by atoms with Gasteiger partial charge in [-0.15, -0.1) is 0 Å². The first-order valence-electron chi connectivity index (χ1n) is 9.72. The zero-order valence-corrected chi connectivity index (χ0v) is 17.2. The summed E-state index contributed by atoms with van der Waals surface area (Å²) in [4.78, 5) is 18.6. The Labute approximate surface area is 166 Å². The maximum Gasteiger partial charge on any atom is 0.319 e. The Bertz CT molecular complexity index is 755. The van der Waals surface area contributed by atoms with Crippen LogP contribution in [-0.4, -0.2) is 74.4 Å². The summed E-state index contributed by atoms with van der Waals surface area (Å²) in [7, 11) is -3.44. The molecule has 3 rings (SSSR count). The summed E-state index contributed by atoms with van der Waals surface area (Å²) in [6, 6.07) is 3.23. The Kier molecular flexibility index (Phi) is 6.73. The highest BCUT2D eigenvalue weighted by Gasteiger charge is 2.30. The van der Waals surface area contributed by atoms with Crippen molar-refractivity contribution in [3.8, 4) is 0 Å². The van der Waals surface area contributed by atoms with Gasteiger partial charge in [-0.2, -0.15) is 4.31 Å². The Morgan fingerprint density at radius 2 is 1.89 bits per heavy atom. The van der Waals surface area contributed by atoms with E-state index in [2.05, 4.69) is 20.5 Å². The van der Waals surface area contributed by atoms with Crippen LogP contribution in [-0.2, 0) is 14.8 Å². The number of morpholine rings is 1. The van der Waals surface area contributed by atoms with Gasteiger partial charge in [0.25, 0.3) is 0 Å². The van der Waals surface area contributed by atoms with Crippen molar-refractivity contribution in [3.63, 3.8) is 0 Å². The number of nitrogens with one attached hydrogen (secondary N) is 2.